The smallest absolute Gasteiger partial charge is 0.224 e. The van der Waals surface area contributed by atoms with Gasteiger partial charge >= 0.3 is 0 Å². The van der Waals surface area contributed by atoms with E-state index in [1.54, 1.807) is 6.20 Å². The van der Waals surface area contributed by atoms with Crippen molar-refractivity contribution >= 4 is 10.8 Å². The maximum atomic E-state index is 14.0. The van der Waals surface area contributed by atoms with Gasteiger partial charge in [0.15, 0.2) is 0 Å². The normalized spacial score (nSPS) is 11.9. The van der Waals surface area contributed by atoms with Crippen LogP contribution >= 0.6 is 0 Å². The van der Waals surface area contributed by atoms with Crippen LogP contribution in [0.15, 0.2) is 18.3 Å². The summed E-state index contributed by atoms with van der Waals surface area (Å²) in [5.41, 5.74) is 0.613. The summed E-state index contributed by atoms with van der Waals surface area (Å²) >= 11 is 0. The number of aromatic nitrogens is 1. The first-order valence-corrected chi connectivity index (χ1v) is 6.23. The quantitative estimate of drug-likeness (QED) is 0.829. The van der Waals surface area contributed by atoms with Crippen LogP contribution in [0.2, 0.25) is 0 Å². The number of fused-ring (bicyclic) bond motifs is 1. The lowest BCUT2D eigenvalue weighted by molar-refractivity contribution is 0.400. The number of benzene rings is 1. The second kappa shape index (κ2) is 4.76. The van der Waals surface area contributed by atoms with Gasteiger partial charge in [-0.2, -0.15) is 0 Å². The number of halogens is 2. The SMILES string of the molecule is CCC(C)(C)c1cnc(OC)c2c(F)cc(F)cc12. The van der Waals surface area contributed by atoms with E-state index >= 15 is 0 Å². The Kier molecular flexibility index (Phi) is 3.43. The van der Waals surface area contributed by atoms with E-state index in [1.807, 2.05) is 20.8 Å². The molecule has 0 bridgehead atoms. The van der Waals surface area contributed by atoms with Crippen molar-refractivity contribution in [3.8, 4) is 5.88 Å². The van der Waals surface area contributed by atoms with Gasteiger partial charge in [-0.05, 0) is 28.9 Å². The van der Waals surface area contributed by atoms with Gasteiger partial charge in [-0.15, -0.1) is 0 Å². The van der Waals surface area contributed by atoms with Gasteiger partial charge in [0.1, 0.15) is 11.6 Å². The van der Waals surface area contributed by atoms with Gasteiger partial charge < -0.3 is 4.74 Å². The average Bonchev–Trinajstić information content (AvgIpc) is 2.36. The Balaban J connectivity index is 2.89. The minimum absolute atomic E-state index is 0.183. The van der Waals surface area contributed by atoms with Crippen molar-refractivity contribution in [2.24, 2.45) is 0 Å². The number of pyridine rings is 1. The Labute approximate surface area is 111 Å². The van der Waals surface area contributed by atoms with Gasteiger partial charge in [0.2, 0.25) is 5.88 Å². The predicted molar refractivity (Wildman–Crippen MR) is 71.5 cm³/mol. The standard InChI is InChI=1S/C15H17F2NO/c1-5-15(2,3)11-8-18-14(19-4)13-10(11)6-9(16)7-12(13)17/h6-8H,5H2,1-4H3. The molecule has 2 aromatic rings. The fourth-order valence-corrected chi connectivity index (χ4v) is 2.15. The molecule has 0 aliphatic heterocycles. The van der Waals surface area contributed by atoms with Gasteiger partial charge in [0, 0.05) is 12.3 Å². The molecule has 1 aromatic carbocycles. The van der Waals surface area contributed by atoms with Crippen molar-refractivity contribution in [1.82, 2.24) is 4.98 Å². The van der Waals surface area contributed by atoms with E-state index in [2.05, 4.69) is 4.98 Å². The summed E-state index contributed by atoms with van der Waals surface area (Å²) in [7, 11) is 1.43. The number of nitrogens with zero attached hydrogens (tertiary/aromatic N) is 1. The minimum Gasteiger partial charge on any atom is -0.480 e. The van der Waals surface area contributed by atoms with Gasteiger partial charge in [-0.25, -0.2) is 13.8 Å². The molecule has 1 heterocycles. The third-order valence-corrected chi connectivity index (χ3v) is 3.68. The summed E-state index contributed by atoms with van der Waals surface area (Å²) in [5.74, 6) is -1.05. The van der Waals surface area contributed by atoms with Crippen molar-refractivity contribution in [3.05, 3.63) is 35.5 Å². The van der Waals surface area contributed by atoms with Crippen LogP contribution in [-0.2, 0) is 5.41 Å². The number of methoxy groups -OCH3 is 1. The van der Waals surface area contributed by atoms with E-state index in [9.17, 15) is 8.78 Å². The van der Waals surface area contributed by atoms with E-state index < -0.39 is 11.6 Å². The molecule has 0 atom stereocenters. The number of hydrogen-bond donors (Lipinski definition) is 0. The highest BCUT2D eigenvalue weighted by Crippen LogP contribution is 2.36. The fourth-order valence-electron chi connectivity index (χ4n) is 2.15. The molecule has 0 N–H and O–H groups in total. The topological polar surface area (TPSA) is 22.1 Å². The highest BCUT2D eigenvalue weighted by Gasteiger charge is 2.24. The Bertz CT molecular complexity index is 623. The third-order valence-electron chi connectivity index (χ3n) is 3.68. The average molecular weight is 265 g/mol. The van der Waals surface area contributed by atoms with Crippen molar-refractivity contribution in [3.63, 3.8) is 0 Å². The first-order chi connectivity index (χ1) is 8.90. The third kappa shape index (κ3) is 2.27. The van der Waals surface area contributed by atoms with Gasteiger partial charge in [-0.1, -0.05) is 20.8 Å². The molecule has 0 saturated carbocycles. The van der Waals surface area contributed by atoms with Crippen LogP contribution in [0.5, 0.6) is 5.88 Å². The van der Waals surface area contributed by atoms with Crippen molar-refractivity contribution in [2.45, 2.75) is 32.6 Å². The molecule has 0 amide bonds. The Morgan fingerprint density at radius 3 is 2.53 bits per heavy atom. The largest absolute Gasteiger partial charge is 0.480 e. The molecule has 102 valence electrons. The maximum absolute atomic E-state index is 14.0. The molecule has 19 heavy (non-hydrogen) atoms. The zero-order valence-electron chi connectivity index (χ0n) is 11.6. The fraction of sp³-hybridized carbons (Fsp3) is 0.400. The molecule has 0 radical (unpaired) electrons. The van der Waals surface area contributed by atoms with Crippen LogP contribution in [-0.4, -0.2) is 12.1 Å². The van der Waals surface area contributed by atoms with E-state index in [0.29, 0.717) is 5.39 Å². The summed E-state index contributed by atoms with van der Waals surface area (Å²) in [6.07, 6.45) is 2.48. The molecule has 4 heteroatoms. The second-order valence-corrected chi connectivity index (χ2v) is 5.23. The van der Waals surface area contributed by atoms with Crippen molar-refractivity contribution in [1.29, 1.82) is 0 Å². The molecule has 0 aliphatic rings. The first-order valence-electron chi connectivity index (χ1n) is 6.23. The summed E-state index contributed by atoms with van der Waals surface area (Å²) in [6, 6.07) is 2.20. The maximum Gasteiger partial charge on any atom is 0.224 e. The van der Waals surface area contributed by atoms with Gasteiger partial charge in [0.25, 0.3) is 0 Å². The molecule has 2 rings (SSSR count). The number of rotatable bonds is 3. The van der Waals surface area contributed by atoms with Gasteiger partial charge in [0.05, 0.1) is 12.5 Å². The minimum atomic E-state index is -0.645. The first kappa shape index (κ1) is 13.7. The molecule has 0 aliphatic carbocycles. The monoisotopic (exact) mass is 265 g/mol. The molecular weight excluding hydrogens is 248 g/mol. The van der Waals surface area contributed by atoms with Crippen molar-refractivity contribution in [2.75, 3.05) is 7.11 Å². The summed E-state index contributed by atoms with van der Waals surface area (Å²) in [5, 5.41) is 0.763. The second-order valence-electron chi connectivity index (χ2n) is 5.23. The van der Waals surface area contributed by atoms with E-state index in [1.165, 1.54) is 13.2 Å². The number of hydrogen-bond acceptors (Lipinski definition) is 2. The number of ether oxygens (including phenoxy) is 1. The van der Waals surface area contributed by atoms with Gasteiger partial charge in [-0.3, -0.25) is 0 Å². The highest BCUT2D eigenvalue weighted by atomic mass is 19.1. The van der Waals surface area contributed by atoms with Crippen LogP contribution in [0.4, 0.5) is 8.78 Å². The van der Waals surface area contributed by atoms with E-state index in [-0.39, 0.29) is 16.7 Å². The Hall–Kier alpha value is -1.71. The van der Waals surface area contributed by atoms with Crippen LogP contribution in [0.25, 0.3) is 10.8 Å². The van der Waals surface area contributed by atoms with Crippen LogP contribution in [0, 0.1) is 11.6 Å². The molecule has 2 nitrogen and oxygen atoms in total. The van der Waals surface area contributed by atoms with Crippen LogP contribution in [0.3, 0.4) is 0 Å². The zero-order chi connectivity index (χ0) is 14.2. The van der Waals surface area contributed by atoms with Crippen LogP contribution < -0.4 is 4.74 Å². The molecule has 1 aromatic heterocycles. The summed E-state index contributed by atoms with van der Waals surface area (Å²) in [6.45, 7) is 6.09. The predicted octanol–water partition coefficient (Wildman–Crippen LogP) is 4.21. The highest BCUT2D eigenvalue weighted by molar-refractivity contribution is 5.90. The van der Waals surface area contributed by atoms with Crippen LogP contribution in [0.1, 0.15) is 32.8 Å². The lowest BCUT2D eigenvalue weighted by Crippen LogP contribution is -2.17. The summed E-state index contributed by atoms with van der Waals surface area (Å²) in [4.78, 5) is 4.15. The van der Waals surface area contributed by atoms with E-state index in [4.69, 9.17) is 4.74 Å². The molecule has 0 spiro atoms. The zero-order valence-corrected chi connectivity index (χ0v) is 11.6. The van der Waals surface area contributed by atoms with Crippen molar-refractivity contribution < 1.29 is 13.5 Å². The Morgan fingerprint density at radius 2 is 1.95 bits per heavy atom. The van der Waals surface area contributed by atoms with E-state index in [0.717, 1.165) is 18.1 Å². The summed E-state index contributed by atoms with van der Waals surface area (Å²) < 4.78 is 32.6. The lowest BCUT2D eigenvalue weighted by Gasteiger charge is -2.25. The molecule has 0 saturated heterocycles. The Morgan fingerprint density at radius 1 is 1.26 bits per heavy atom. The molecular formula is C15H17F2NO. The molecule has 0 unspecified atom stereocenters. The molecule has 0 fully saturated rings. The lowest BCUT2D eigenvalue weighted by atomic mass is 9.81.